The van der Waals surface area contributed by atoms with Gasteiger partial charge in [-0.15, -0.1) is 0 Å². The summed E-state index contributed by atoms with van der Waals surface area (Å²) in [5, 5.41) is 3.20. The summed E-state index contributed by atoms with van der Waals surface area (Å²) in [5.41, 5.74) is 7.11. The summed E-state index contributed by atoms with van der Waals surface area (Å²) < 4.78 is 5.19. The number of nitrogens with one attached hydrogen (secondary N) is 1. The summed E-state index contributed by atoms with van der Waals surface area (Å²) in [5.74, 6) is 1.88. The van der Waals surface area contributed by atoms with Crippen molar-refractivity contribution in [2.45, 2.75) is 19.9 Å². The number of nitrogens with two attached hydrogens (primary N) is 1. The molecule has 0 spiro atoms. The number of rotatable bonds is 7. The molecule has 5 heteroatoms. The van der Waals surface area contributed by atoms with Crippen LogP contribution in [0, 0.1) is 5.92 Å². The average molecular weight is 292 g/mol. The predicted molar refractivity (Wildman–Crippen MR) is 88.8 cm³/mol. The minimum Gasteiger partial charge on any atom is -0.497 e. The van der Waals surface area contributed by atoms with Crippen molar-refractivity contribution in [3.63, 3.8) is 0 Å². The molecule has 0 bridgehead atoms. The van der Waals surface area contributed by atoms with Gasteiger partial charge in [0.05, 0.1) is 13.2 Å². The van der Waals surface area contributed by atoms with Crippen LogP contribution in [0.25, 0.3) is 0 Å². The number of likely N-dealkylation sites (N-methyl/N-ethyl adjacent to an activating group) is 1. The first-order valence-corrected chi connectivity index (χ1v) is 7.28. The highest BCUT2D eigenvalue weighted by molar-refractivity contribution is 5.77. The maximum Gasteiger partial charge on any atom is 0.188 e. The van der Waals surface area contributed by atoms with Crippen molar-refractivity contribution in [2.24, 2.45) is 16.6 Å². The Hall–Kier alpha value is -1.75. The normalized spacial score (nSPS) is 13.6. The molecule has 118 valence electrons. The van der Waals surface area contributed by atoms with Gasteiger partial charge in [-0.3, -0.25) is 4.99 Å². The third-order valence-electron chi connectivity index (χ3n) is 3.23. The SMILES string of the molecule is COc1ccc(C(CNC(N)=NCC(C)C)N(C)C)cc1. The molecule has 5 nitrogen and oxygen atoms in total. The third-order valence-corrected chi connectivity index (χ3v) is 3.23. The van der Waals surface area contributed by atoms with Crippen molar-refractivity contribution in [3.05, 3.63) is 29.8 Å². The van der Waals surface area contributed by atoms with Gasteiger partial charge in [0, 0.05) is 13.1 Å². The number of aliphatic imine (C=N–C) groups is 1. The summed E-state index contributed by atoms with van der Waals surface area (Å²) >= 11 is 0. The van der Waals surface area contributed by atoms with Crippen LogP contribution in [0.1, 0.15) is 25.5 Å². The van der Waals surface area contributed by atoms with Crippen LogP contribution in [0.4, 0.5) is 0 Å². The summed E-state index contributed by atoms with van der Waals surface area (Å²) in [4.78, 5) is 6.48. The smallest absolute Gasteiger partial charge is 0.188 e. The molecule has 0 aliphatic heterocycles. The number of nitrogens with zero attached hydrogens (tertiary/aromatic N) is 2. The van der Waals surface area contributed by atoms with Crippen LogP contribution in [0.15, 0.2) is 29.3 Å². The Bertz CT molecular complexity index is 440. The fraction of sp³-hybridized carbons (Fsp3) is 0.562. The predicted octanol–water partition coefficient (Wildman–Crippen LogP) is 1.86. The minimum absolute atomic E-state index is 0.226. The largest absolute Gasteiger partial charge is 0.497 e. The first-order valence-electron chi connectivity index (χ1n) is 7.28. The fourth-order valence-electron chi connectivity index (χ4n) is 1.96. The quantitative estimate of drug-likeness (QED) is 0.595. The topological polar surface area (TPSA) is 62.9 Å². The second kappa shape index (κ2) is 8.52. The van der Waals surface area contributed by atoms with E-state index in [2.05, 4.69) is 55.3 Å². The number of methoxy groups -OCH3 is 1. The summed E-state index contributed by atoms with van der Waals surface area (Å²) in [7, 11) is 5.78. The van der Waals surface area contributed by atoms with Gasteiger partial charge < -0.3 is 20.7 Å². The fourth-order valence-corrected chi connectivity index (χ4v) is 1.96. The molecular formula is C16H28N4O. The molecule has 0 radical (unpaired) electrons. The third kappa shape index (κ3) is 6.04. The van der Waals surface area contributed by atoms with Crippen LogP contribution in [0.2, 0.25) is 0 Å². The van der Waals surface area contributed by atoms with Crippen molar-refractivity contribution in [1.29, 1.82) is 0 Å². The highest BCUT2D eigenvalue weighted by Crippen LogP contribution is 2.20. The Balaban J connectivity index is 2.67. The summed E-state index contributed by atoms with van der Waals surface area (Å²) in [6.07, 6.45) is 0. The lowest BCUT2D eigenvalue weighted by atomic mass is 10.1. The Morgan fingerprint density at radius 3 is 2.38 bits per heavy atom. The maximum absolute atomic E-state index is 5.89. The van der Waals surface area contributed by atoms with Gasteiger partial charge in [0.2, 0.25) is 0 Å². The van der Waals surface area contributed by atoms with Crippen LogP contribution < -0.4 is 15.8 Å². The van der Waals surface area contributed by atoms with Crippen molar-refractivity contribution in [2.75, 3.05) is 34.3 Å². The molecule has 0 aromatic heterocycles. The van der Waals surface area contributed by atoms with E-state index in [4.69, 9.17) is 10.5 Å². The van der Waals surface area contributed by atoms with Crippen LogP contribution in [-0.2, 0) is 0 Å². The molecule has 0 saturated heterocycles. The number of hydrogen-bond donors (Lipinski definition) is 2. The Morgan fingerprint density at radius 2 is 1.90 bits per heavy atom. The Labute approximate surface area is 128 Å². The van der Waals surface area contributed by atoms with E-state index < -0.39 is 0 Å². The average Bonchev–Trinajstić information content (AvgIpc) is 2.45. The lowest BCUT2D eigenvalue weighted by molar-refractivity contribution is 0.298. The van der Waals surface area contributed by atoms with Crippen molar-refractivity contribution >= 4 is 5.96 Å². The van der Waals surface area contributed by atoms with Crippen molar-refractivity contribution < 1.29 is 4.74 Å². The van der Waals surface area contributed by atoms with E-state index in [-0.39, 0.29) is 6.04 Å². The zero-order valence-electron chi connectivity index (χ0n) is 13.8. The lowest BCUT2D eigenvalue weighted by Crippen LogP contribution is -2.38. The standard InChI is InChI=1S/C16H28N4O/c1-12(2)10-18-16(17)19-11-15(20(3)4)13-6-8-14(21-5)9-7-13/h6-9,12,15H,10-11H2,1-5H3,(H3,17,18,19). The Kier molecular flexibility index (Phi) is 7.02. The number of guanidine groups is 1. The molecule has 1 atom stereocenters. The zero-order chi connectivity index (χ0) is 15.8. The van der Waals surface area contributed by atoms with Gasteiger partial charge in [0.1, 0.15) is 5.75 Å². The lowest BCUT2D eigenvalue weighted by Gasteiger charge is -2.25. The molecule has 1 aromatic carbocycles. The first kappa shape index (κ1) is 17.3. The summed E-state index contributed by atoms with van der Waals surface area (Å²) in [6.45, 7) is 5.70. The van der Waals surface area contributed by atoms with Crippen LogP contribution in [0.5, 0.6) is 5.75 Å². The molecule has 0 amide bonds. The number of hydrogen-bond acceptors (Lipinski definition) is 3. The van der Waals surface area contributed by atoms with E-state index in [1.165, 1.54) is 5.56 Å². The molecule has 0 heterocycles. The van der Waals surface area contributed by atoms with Gasteiger partial charge in [-0.05, 0) is 37.7 Å². The van der Waals surface area contributed by atoms with E-state index in [0.29, 0.717) is 18.4 Å². The van der Waals surface area contributed by atoms with Crippen LogP contribution >= 0.6 is 0 Å². The minimum atomic E-state index is 0.226. The second-order valence-electron chi connectivity index (χ2n) is 5.75. The van der Waals surface area contributed by atoms with Crippen LogP contribution in [-0.4, -0.2) is 45.2 Å². The molecule has 0 aliphatic carbocycles. The molecule has 1 unspecified atom stereocenters. The second-order valence-corrected chi connectivity index (χ2v) is 5.75. The monoisotopic (exact) mass is 292 g/mol. The van der Waals surface area contributed by atoms with E-state index in [1.807, 2.05) is 12.1 Å². The number of benzene rings is 1. The van der Waals surface area contributed by atoms with Gasteiger partial charge in [-0.2, -0.15) is 0 Å². The molecule has 3 N–H and O–H groups in total. The van der Waals surface area contributed by atoms with Crippen LogP contribution in [0.3, 0.4) is 0 Å². The molecule has 1 aromatic rings. The molecule has 0 aliphatic rings. The summed E-state index contributed by atoms with van der Waals surface area (Å²) in [6, 6.07) is 8.33. The Morgan fingerprint density at radius 1 is 1.29 bits per heavy atom. The van der Waals surface area contributed by atoms with Crippen molar-refractivity contribution in [3.8, 4) is 5.75 Å². The first-order chi connectivity index (χ1) is 9.93. The van der Waals surface area contributed by atoms with E-state index in [1.54, 1.807) is 7.11 Å². The van der Waals surface area contributed by atoms with E-state index in [9.17, 15) is 0 Å². The van der Waals surface area contributed by atoms with Gasteiger partial charge in [-0.25, -0.2) is 0 Å². The van der Waals surface area contributed by atoms with Gasteiger partial charge >= 0.3 is 0 Å². The van der Waals surface area contributed by atoms with Crippen molar-refractivity contribution in [1.82, 2.24) is 10.2 Å². The van der Waals surface area contributed by atoms with E-state index in [0.717, 1.165) is 12.3 Å². The van der Waals surface area contributed by atoms with E-state index >= 15 is 0 Å². The molecule has 0 fully saturated rings. The van der Waals surface area contributed by atoms with Gasteiger partial charge in [-0.1, -0.05) is 26.0 Å². The van der Waals surface area contributed by atoms with Gasteiger partial charge in [0.15, 0.2) is 5.96 Å². The molecule has 0 saturated carbocycles. The van der Waals surface area contributed by atoms with Gasteiger partial charge in [0.25, 0.3) is 0 Å². The highest BCUT2D eigenvalue weighted by Gasteiger charge is 2.14. The maximum atomic E-state index is 5.89. The highest BCUT2D eigenvalue weighted by atomic mass is 16.5. The zero-order valence-corrected chi connectivity index (χ0v) is 13.8. The molecule has 21 heavy (non-hydrogen) atoms. The number of ether oxygens (including phenoxy) is 1. The molecular weight excluding hydrogens is 264 g/mol. The molecule has 1 rings (SSSR count).